The number of nitrogens with one attached hydrogen (secondary N) is 3. The van der Waals surface area contributed by atoms with Crippen LogP contribution in [0.2, 0.25) is 0 Å². The minimum atomic E-state index is -0.156. The molecule has 1 aromatic rings. The Hall–Kier alpha value is -1.62. The summed E-state index contributed by atoms with van der Waals surface area (Å²) < 4.78 is 0. The van der Waals surface area contributed by atoms with Crippen molar-refractivity contribution < 1.29 is 4.79 Å². The molecule has 1 aliphatic rings. The van der Waals surface area contributed by atoms with Crippen LogP contribution >= 0.6 is 0 Å². The van der Waals surface area contributed by atoms with Crippen LogP contribution in [0.25, 0.3) is 0 Å². The van der Waals surface area contributed by atoms with E-state index in [2.05, 4.69) is 20.9 Å². The quantitative estimate of drug-likeness (QED) is 0.727. The normalized spacial score (nSPS) is 18.6. The van der Waals surface area contributed by atoms with E-state index in [4.69, 9.17) is 0 Å². The number of hydrogen-bond acceptors (Lipinski definition) is 4. The fraction of sp³-hybridized carbons (Fsp3) is 0.538. The summed E-state index contributed by atoms with van der Waals surface area (Å²) in [6.07, 6.45) is 5.31. The highest BCUT2D eigenvalue weighted by atomic mass is 16.1. The second-order valence-electron chi connectivity index (χ2n) is 4.52. The molecule has 98 valence electrons. The van der Waals surface area contributed by atoms with Gasteiger partial charge in [0.1, 0.15) is 5.69 Å². The molecule has 1 aromatic heterocycles. The van der Waals surface area contributed by atoms with E-state index in [-0.39, 0.29) is 5.91 Å². The van der Waals surface area contributed by atoms with Gasteiger partial charge in [0.2, 0.25) is 0 Å². The second-order valence-corrected chi connectivity index (χ2v) is 4.52. The third kappa shape index (κ3) is 3.43. The molecule has 3 N–H and O–H groups in total. The van der Waals surface area contributed by atoms with Gasteiger partial charge in [-0.15, -0.1) is 0 Å². The fourth-order valence-electron chi connectivity index (χ4n) is 2.19. The number of hydrogen-bond donors (Lipinski definition) is 3. The van der Waals surface area contributed by atoms with Crippen LogP contribution < -0.4 is 16.0 Å². The van der Waals surface area contributed by atoms with Crippen molar-refractivity contribution >= 4 is 11.6 Å². The SMILES string of the molecule is CNC(=O)c1cc(NCC[C@H]2CCCN2)ccn1. The van der Waals surface area contributed by atoms with Gasteiger partial charge < -0.3 is 16.0 Å². The molecule has 0 saturated carbocycles. The van der Waals surface area contributed by atoms with Crippen molar-refractivity contribution in [2.24, 2.45) is 0 Å². The highest BCUT2D eigenvalue weighted by Gasteiger charge is 2.13. The molecule has 0 bridgehead atoms. The Kier molecular flexibility index (Phi) is 4.52. The molecule has 5 nitrogen and oxygen atoms in total. The first-order chi connectivity index (χ1) is 8.79. The highest BCUT2D eigenvalue weighted by Crippen LogP contribution is 2.11. The number of carbonyl (C=O) groups is 1. The van der Waals surface area contributed by atoms with Gasteiger partial charge in [-0.1, -0.05) is 0 Å². The van der Waals surface area contributed by atoms with E-state index in [1.807, 2.05) is 6.07 Å². The van der Waals surface area contributed by atoms with Crippen LogP contribution in [-0.4, -0.2) is 37.1 Å². The zero-order valence-electron chi connectivity index (χ0n) is 10.7. The van der Waals surface area contributed by atoms with Gasteiger partial charge in [0.05, 0.1) is 0 Å². The highest BCUT2D eigenvalue weighted by molar-refractivity contribution is 5.92. The lowest BCUT2D eigenvalue weighted by Gasteiger charge is -2.11. The van der Waals surface area contributed by atoms with Crippen molar-refractivity contribution in [2.45, 2.75) is 25.3 Å². The second kappa shape index (κ2) is 6.35. The van der Waals surface area contributed by atoms with Gasteiger partial charge >= 0.3 is 0 Å². The topological polar surface area (TPSA) is 66.1 Å². The number of anilines is 1. The molecule has 1 amide bonds. The summed E-state index contributed by atoms with van der Waals surface area (Å²) in [6.45, 7) is 2.05. The Bertz CT molecular complexity index is 402. The van der Waals surface area contributed by atoms with Crippen molar-refractivity contribution in [2.75, 3.05) is 25.5 Å². The van der Waals surface area contributed by atoms with Crippen molar-refractivity contribution in [1.82, 2.24) is 15.6 Å². The summed E-state index contributed by atoms with van der Waals surface area (Å²) in [5, 5.41) is 9.37. The number of aromatic nitrogens is 1. The molecule has 2 rings (SSSR count). The Morgan fingerprint density at radius 1 is 1.61 bits per heavy atom. The maximum atomic E-state index is 11.4. The number of amides is 1. The number of rotatable bonds is 5. The first kappa shape index (κ1) is 12.8. The lowest BCUT2D eigenvalue weighted by molar-refractivity contribution is 0.0958. The molecule has 1 fully saturated rings. The van der Waals surface area contributed by atoms with Gasteiger partial charge in [-0.25, -0.2) is 0 Å². The summed E-state index contributed by atoms with van der Waals surface area (Å²) >= 11 is 0. The standard InChI is InChI=1S/C13H20N4O/c1-14-13(18)12-9-11(5-8-17-12)16-7-4-10-3-2-6-15-10/h5,8-10,15H,2-4,6-7H2,1H3,(H,14,18)(H,16,17)/t10-/m1/s1. The van der Waals surface area contributed by atoms with Crippen LogP contribution in [-0.2, 0) is 0 Å². The summed E-state index contributed by atoms with van der Waals surface area (Å²) in [6, 6.07) is 4.30. The van der Waals surface area contributed by atoms with Gasteiger partial charge in [-0.2, -0.15) is 0 Å². The van der Waals surface area contributed by atoms with E-state index >= 15 is 0 Å². The third-order valence-electron chi connectivity index (χ3n) is 3.20. The maximum absolute atomic E-state index is 11.4. The summed E-state index contributed by atoms with van der Waals surface area (Å²) in [5.74, 6) is -0.156. The molecule has 2 heterocycles. The molecular weight excluding hydrogens is 228 g/mol. The molecule has 0 spiro atoms. The van der Waals surface area contributed by atoms with Gasteiger partial charge in [-0.05, 0) is 37.9 Å². The van der Waals surface area contributed by atoms with Crippen molar-refractivity contribution in [3.8, 4) is 0 Å². The Balaban J connectivity index is 1.83. The van der Waals surface area contributed by atoms with E-state index in [0.29, 0.717) is 11.7 Å². The van der Waals surface area contributed by atoms with Crippen LogP contribution in [0, 0.1) is 0 Å². The molecule has 5 heteroatoms. The molecule has 1 aliphatic heterocycles. The van der Waals surface area contributed by atoms with Crippen LogP contribution in [0.4, 0.5) is 5.69 Å². The van der Waals surface area contributed by atoms with Gasteiger partial charge in [0.15, 0.2) is 0 Å². The van der Waals surface area contributed by atoms with E-state index < -0.39 is 0 Å². The summed E-state index contributed by atoms with van der Waals surface area (Å²) in [4.78, 5) is 15.5. The molecular formula is C13H20N4O. The van der Waals surface area contributed by atoms with E-state index in [1.165, 1.54) is 12.8 Å². The van der Waals surface area contributed by atoms with Crippen molar-refractivity contribution in [3.05, 3.63) is 24.0 Å². The van der Waals surface area contributed by atoms with Crippen molar-refractivity contribution in [1.29, 1.82) is 0 Å². The summed E-state index contributed by atoms with van der Waals surface area (Å²) in [7, 11) is 1.61. The fourth-order valence-corrected chi connectivity index (χ4v) is 2.19. The van der Waals surface area contributed by atoms with Gasteiger partial charge in [0, 0.05) is 31.5 Å². The minimum absolute atomic E-state index is 0.156. The first-order valence-electron chi connectivity index (χ1n) is 6.45. The van der Waals surface area contributed by atoms with E-state index in [9.17, 15) is 4.79 Å². The maximum Gasteiger partial charge on any atom is 0.269 e. The Labute approximate surface area is 107 Å². The predicted octanol–water partition coefficient (Wildman–Crippen LogP) is 0.995. The van der Waals surface area contributed by atoms with Gasteiger partial charge in [-0.3, -0.25) is 9.78 Å². The molecule has 1 atom stereocenters. The minimum Gasteiger partial charge on any atom is -0.385 e. The predicted molar refractivity (Wildman–Crippen MR) is 71.8 cm³/mol. The number of pyridine rings is 1. The third-order valence-corrected chi connectivity index (χ3v) is 3.20. The lowest BCUT2D eigenvalue weighted by Crippen LogP contribution is -2.24. The number of carbonyl (C=O) groups excluding carboxylic acids is 1. The molecule has 18 heavy (non-hydrogen) atoms. The molecule has 0 aromatic carbocycles. The molecule has 0 radical (unpaired) electrons. The Morgan fingerprint density at radius 2 is 2.50 bits per heavy atom. The number of nitrogens with zero attached hydrogens (tertiary/aromatic N) is 1. The molecule has 0 unspecified atom stereocenters. The largest absolute Gasteiger partial charge is 0.385 e. The summed E-state index contributed by atoms with van der Waals surface area (Å²) in [5.41, 5.74) is 1.39. The smallest absolute Gasteiger partial charge is 0.269 e. The van der Waals surface area contributed by atoms with Gasteiger partial charge in [0.25, 0.3) is 5.91 Å². The zero-order valence-corrected chi connectivity index (χ0v) is 10.7. The van der Waals surface area contributed by atoms with Crippen LogP contribution in [0.1, 0.15) is 29.8 Å². The van der Waals surface area contributed by atoms with Crippen LogP contribution in [0.15, 0.2) is 18.3 Å². The monoisotopic (exact) mass is 248 g/mol. The van der Waals surface area contributed by atoms with Crippen LogP contribution in [0.3, 0.4) is 0 Å². The van der Waals surface area contributed by atoms with Crippen molar-refractivity contribution in [3.63, 3.8) is 0 Å². The first-order valence-corrected chi connectivity index (χ1v) is 6.45. The average Bonchev–Trinajstić information content (AvgIpc) is 2.91. The van der Waals surface area contributed by atoms with Crippen LogP contribution in [0.5, 0.6) is 0 Å². The molecule has 1 saturated heterocycles. The van der Waals surface area contributed by atoms with E-state index in [1.54, 1.807) is 19.3 Å². The Morgan fingerprint density at radius 3 is 3.22 bits per heavy atom. The zero-order chi connectivity index (χ0) is 12.8. The van der Waals surface area contributed by atoms with E-state index in [0.717, 1.165) is 25.2 Å². The molecule has 0 aliphatic carbocycles. The average molecular weight is 248 g/mol. The lowest BCUT2D eigenvalue weighted by atomic mass is 10.1.